The molecule has 5 nitrogen and oxygen atoms in total. The molecule has 7 heteroatoms. The first-order chi connectivity index (χ1) is 2.00. The van der Waals surface area contributed by atoms with Crippen molar-refractivity contribution in [3.05, 3.63) is 0 Å². The molecule has 1 radical (unpaired) electrons. The third-order valence-electron chi connectivity index (χ3n) is 0. The third kappa shape index (κ3) is 134. The second-order valence-electron chi connectivity index (χ2n) is 0.408. The summed E-state index contributed by atoms with van der Waals surface area (Å²) in [6.45, 7) is 0. The van der Waals surface area contributed by atoms with Crippen molar-refractivity contribution in [3.8, 4) is 0 Å². The maximum absolute atomic E-state index is 8.52. The van der Waals surface area contributed by atoms with Crippen LogP contribution in [-0.2, 0) is 10.4 Å². The Bertz CT molecular complexity index is 94.9. The van der Waals surface area contributed by atoms with Gasteiger partial charge in [0.2, 0.25) is 0 Å². The molecular formula is H3CeNO4S+. The van der Waals surface area contributed by atoms with Crippen molar-refractivity contribution >= 4 is 10.4 Å². The summed E-state index contributed by atoms with van der Waals surface area (Å²) in [5, 5.41) is 0. The Labute approximate surface area is 75.0 Å². The summed E-state index contributed by atoms with van der Waals surface area (Å²) in [5.41, 5.74) is 0. The van der Waals surface area contributed by atoms with Gasteiger partial charge in [0.05, 0.1) is 0 Å². The van der Waals surface area contributed by atoms with Crippen LogP contribution in [0.25, 0.3) is 0 Å². The first-order valence-corrected chi connectivity index (χ1v) is 2.00. The zero-order valence-corrected chi connectivity index (χ0v) is 7.20. The molecule has 0 aliphatic carbocycles. The van der Waals surface area contributed by atoms with E-state index in [9.17, 15) is 0 Å². The Balaban J connectivity index is -0.0000000800. The van der Waals surface area contributed by atoms with Crippen molar-refractivity contribution in [2.45, 2.75) is 0 Å². The zero-order chi connectivity index (χ0) is 4.50. The molecule has 0 heterocycles. The minimum absolute atomic E-state index is 0. The van der Waals surface area contributed by atoms with Crippen LogP contribution >= 0.6 is 0 Å². The molecule has 41 valence electrons. The van der Waals surface area contributed by atoms with E-state index in [-0.39, 0.29) is 47.9 Å². The Morgan fingerprint density at radius 2 is 1.14 bits per heavy atom. The van der Waals surface area contributed by atoms with Gasteiger partial charge in [-0.3, -0.25) is 8.42 Å². The molecule has 0 aromatic carbocycles. The van der Waals surface area contributed by atoms with Crippen molar-refractivity contribution in [2.24, 2.45) is 0 Å². The predicted molar refractivity (Wildman–Crippen MR) is 15.5 cm³/mol. The number of rotatable bonds is 0. The van der Waals surface area contributed by atoms with Gasteiger partial charge in [-0.05, 0) is 0 Å². The van der Waals surface area contributed by atoms with Gasteiger partial charge in [0, 0.05) is 10.4 Å². The molecule has 0 aromatic heterocycles. The van der Waals surface area contributed by atoms with Crippen LogP contribution in [0.15, 0.2) is 0 Å². The van der Waals surface area contributed by atoms with Crippen LogP contribution < -0.4 is 6.15 Å². The molecule has 0 aliphatic rings. The van der Waals surface area contributed by atoms with Gasteiger partial charge in [-0.2, -0.15) is 0 Å². The zero-order valence-electron chi connectivity index (χ0n) is 3.25. The van der Waals surface area contributed by atoms with Gasteiger partial charge in [0.15, 0.2) is 0 Å². The molecule has 0 amide bonds. The monoisotopic (exact) mass is 253 g/mol. The van der Waals surface area contributed by atoms with E-state index in [1.54, 1.807) is 0 Å². The van der Waals surface area contributed by atoms with E-state index in [0.717, 1.165) is 0 Å². The molecule has 0 saturated carbocycles. The largest absolute Gasteiger partial charge is 3.00 e. The Morgan fingerprint density at radius 3 is 1.14 bits per heavy atom. The van der Waals surface area contributed by atoms with Gasteiger partial charge >= 0.3 is 41.7 Å². The van der Waals surface area contributed by atoms with E-state index >= 15 is 0 Å². The normalized spacial score (nSPS) is 8.29. The van der Waals surface area contributed by atoms with Gasteiger partial charge in [0.1, 0.15) is 0 Å². The van der Waals surface area contributed by atoms with E-state index < -0.39 is 10.4 Å². The van der Waals surface area contributed by atoms with Gasteiger partial charge in [-0.25, -0.2) is 0 Å². The van der Waals surface area contributed by atoms with Crippen LogP contribution in [0.4, 0.5) is 0 Å². The number of hydrogen-bond donors (Lipinski definition) is 1. The maximum atomic E-state index is 8.52. The molecule has 0 bridgehead atoms. The molecular weight excluding hydrogens is 250 g/mol. The Kier molecular flexibility index (Phi) is 12.0. The molecule has 0 saturated heterocycles. The van der Waals surface area contributed by atoms with Crippen molar-refractivity contribution in [1.29, 1.82) is 0 Å². The first kappa shape index (κ1) is 15.7. The van der Waals surface area contributed by atoms with Crippen LogP contribution in [0.3, 0.4) is 0 Å². The number of hydrogen-bond acceptors (Lipinski definition) is 5. The van der Waals surface area contributed by atoms with Crippen molar-refractivity contribution in [1.82, 2.24) is 6.15 Å². The second kappa shape index (κ2) is 5.35. The summed E-state index contributed by atoms with van der Waals surface area (Å²) in [4.78, 5) is 0. The summed E-state index contributed by atoms with van der Waals surface area (Å²) in [6, 6.07) is 0. The fourth-order valence-corrected chi connectivity index (χ4v) is 0. The van der Waals surface area contributed by atoms with Gasteiger partial charge < -0.3 is 15.3 Å². The van der Waals surface area contributed by atoms with Crippen molar-refractivity contribution in [2.75, 3.05) is 0 Å². The van der Waals surface area contributed by atoms with Crippen LogP contribution in [0, 0.1) is 41.7 Å². The average molecular weight is 253 g/mol. The van der Waals surface area contributed by atoms with Crippen LogP contribution in [0.5, 0.6) is 0 Å². The minimum atomic E-state index is -5.17. The predicted octanol–water partition coefficient (Wildman–Crippen LogP) is -1.18. The van der Waals surface area contributed by atoms with Gasteiger partial charge in [-0.1, -0.05) is 0 Å². The molecule has 0 aromatic rings. The van der Waals surface area contributed by atoms with Crippen molar-refractivity contribution < 1.29 is 59.3 Å². The van der Waals surface area contributed by atoms with Crippen LogP contribution in [0.1, 0.15) is 0 Å². The third-order valence-corrected chi connectivity index (χ3v) is 0. The van der Waals surface area contributed by atoms with Crippen molar-refractivity contribution in [3.63, 3.8) is 0 Å². The van der Waals surface area contributed by atoms with E-state index in [1.807, 2.05) is 0 Å². The molecule has 3 N–H and O–H groups in total. The maximum Gasteiger partial charge on any atom is 3.00 e. The Hall–Kier alpha value is 1.21. The standard InChI is InChI=1S/Ce.H3N.H2O4S/c;;1-5(2,3)4/h;1H3;(H2,1,2,3,4)/q+3;;/p-2. The Morgan fingerprint density at radius 1 is 1.14 bits per heavy atom. The SMILES string of the molecule is N.O=S(=O)([O-])[O-].[Ce+3]. The molecule has 0 aliphatic heterocycles. The fraction of sp³-hybridized carbons (Fsp3) is 0. The van der Waals surface area contributed by atoms with Crippen LogP contribution in [0.2, 0.25) is 0 Å². The van der Waals surface area contributed by atoms with Gasteiger partial charge in [0.25, 0.3) is 0 Å². The summed E-state index contributed by atoms with van der Waals surface area (Å²) >= 11 is 0. The summed E-state index contributed by atoms with van der Waals surface area (Å²) in [5.74, 6) is 0. The molecule has 0 spiro atoms. The molecule has 7 heavy (non-hydrogen) atoms. The topological polar surface area (TPSA) is 115 Å². The molecule has 0 fully saturated rings. The smallest absolute Gasteiger partial charge is 0.759 e. The quantitative estimate of drug-likeness (QED) is 0.431. The molecule has 0 unspecified atom stereocenters. The second-order valence-corrected chi connectivity index (χ2v) is 1.22. The summed E-state index contributed by atoms with van der Waals surface area (Å²) < 4.78 is 34.1. The minimum Gasteiger partial charge on any atom is -0.759 e. The van der Waals surface area contributed by atoms with E-state index in [4.69, 9.17) is 17.5 Å². The summed E-state index contributed by atoms with van der Waals surface area (Å²) in [6.07, 6.45) is 0. The fourth-order valence-electron chi connectivity index (χ4n) is 0. The summed E-state index contributed by atoms with van der Waals surface area (Å²) in [7, 11) is -5.17. The average Bonchev–Trinajstić information content (AvgIpc) is 0.722. The van der Waals surface area contributed by atoms with E-state index in [2.05, 4.69) is 0 Å². The first-order valence-electron chi connectivity index (χ1n) is 0.667. The molecule has 0 atom stereocenters. The van der Waals surface area contributed by atoms with E-state index in [0.29, 0.717) is 0 Å². The van der Waals surface area contributed by atoms with Gasteiger partial charge in [-0.15, -0.1) is 0 Å². The van der Waals surface area contributed by atoms with Crippen LogP contribution in [-0.4, -0.2) is 17.5 Å². The molecule has 0 rings (SSSR count). The van der Waals surface area contributed by atoms with E-state index in [1.165, 1.54) is 0 Å².